The number of hydrogen-bond acceptors (Lipinski definition) is 3. The van der Waals surface area contributed by atoms with Crippen molar-refractivity contribution in [1.29, 1.82) is 0 Å². The molecule has 0 aliphatic rings. The Morgan fingerprint density at radius 2 is 2.07 bits per heavy atom. The topological polar surface area (TPSA) is 56.2 Å². The van der Waals surface area contributed by atoms with Crippen LogP contribution in [0.5, 0.6) is 5.75 Å². The second-order valence-electron chi connectivity index (χ2n) is 6.37. The van der Waals surface area contributed by atoms with Crippen LogP contribution in [0.3, 0.4) is 0 Å². The number of carbonyl (C=O) groups is 1. The van der Waals surface area contributed by atoms with E-state index in [9.17, 15) is 4.79 Å². The Balaban J connectivity index is 1.69. The molecule has 0 bridgehead atoms. The largest absolute Gasteiger partial charge is 0.492 e. The van der Waals surface area contributed by atoms with Crippen molar-refractivity contribution >= 4 is 16.9 Å². The normalized spacial score (nSPS) is 11.2. The van der Waals surface area contributed by atoms with Gasteiger partial charge in [-0.25, -0.2) is 4.98 Å². The molecule has 1 aromatic heterocycles. The van der Waals surface area contributed by atoms with Crippen LogP contribution in [0, 0.1) is 6.92 Å². The average molecular weight is 363 g/mol. The van der Waals surface area contributed by atoms with Gasteiger partial charge in [0.1, 0.15) is 18.2 Å². The summed E-state index contributed by atoms with van der Waals surface area (Å²) in [6, 6.07) is 16.1. The van der Waals surface area contributed by atoms with Crippen molar-refractivity contribution in [2.45, 2.75) is 26.8 Å². The Labute approximate surface area is 159 Å². The van der Waals surface area contributed by atoms with Gasteiger partial charge in [0.2, 0.25) is 5.91 Å². The number of hydrogen-bond donors (Lipinski definition) is 1. The maximum Gasteiger partial charge on any atom is 0.243 e. The SMILES string of the molecule is C/C=C/C(=O)NCCc1nc2ccccc2n1CCOc1cccc(C)c1. The van der Waals surface area contributed by atoms with E-state index in [4.69, 9.17) is 9.72 Å². The highest BCUT2D eigenvalue weighted by Gasteiger charge is 2.10. The van der Waals surface area contributed by atoms with E-state index in [0.29, 0.717) is 26.1 Å². The molecule has 0 fully saturated rings. The van der Waals surface area contributed by atoms with Gasteiger partial charge in [0.25, 0.3) is 0 Å². The number of allylic oxidation sites excluding steroid dienone is 1. The number of imidazole rings is 1. The van der Waals surface area contributed by atoms with E-state index in [-0.39, 0.29) is 5.91 Å². The third-order valence-corrected chi connectivity index (χ3v) is 4.27. The minimum Gasteiger partial charge on any atom is -0.492 e. The van der Waals surface area contributed by atoms with Crippen molar-refractivity contribution in [3.05, 3.63) is 72.1 Å². The number of amides is 1. The zero-order chi connectivity index (χ0) is 19.1. The Bertz CT molecular complexity index is 944. The molecule has 0 atom stereocenters. The first kappa shape index (κ1) is 18.7. The molecule has 5 nitrogen and oxygen atoms in total. The lowest BCUT2D eigenvalue weighted by Crippen LogP contribution is -2.24. The molecule has 2 aromatic carbocycles. The molecule has 0 unspecified atom stereocenters. The van der Waals surface area contributed by atoms with Gasteiger partial charge >= 0.3 is 0 Å². The molecule has 140 valence electrons. The number of carbonyl (C=O) groups excluding carboxylic acids is 1. The fourth-order valence-electron chi connectivity index (χ4n) is 3.03. The smallest absolute Gasteiger partial charge is 0.243 e. The maximum atomic E-state index is 11.6. The van der Waals surface area contributed by atoms with E-state index in [1.54, 1.807) is 6.08 Å². The van der Waals surface area contributed by atoms with E-state index in [1.165, 1.54) is 11.6 Å². The lowest BCUT2D eigenvalue weighted by molar-refractivity contribution is -0.116. The number of ether oxygens (including phenoxy) is 1. The molecule has 0 spiro atoms. The Morgan fingerprint density at radius 1 is 1.22 bits per heavy atom. The van der Waals surface area contributed by atoms with Crippen LogP contribution in [-0.2, 0) is 17.8 Å². The number of nitrogens with one attached hydrogen (secondary N) is 1. The molecule has 3 rings (SSSR count). The number of nitrogens with zero attached hydrogens (tertiary/aromatic N) is 2. The van der Waals surface area contributed by atoms with E-state index < -0.39 is 0 Å². The van der Waals surface area contributed by atoms with Crippen molar-refractivity contribution in [2.24, 2.45) is 0 Å². The third-order valence-electron chi connectivity index (χ3n) is 4.27. The third kappa shape index (κ3) is 4.97. The molecule has 3 aromatic rings. The van der Waals surface area contributed by atoms with Gasteiger partial charge in [-0.1, -0.05) is 30.3 Å². The minimum absolute atomic E-state index is 0.0806. The van der Waals surface area contributed by atoms with E-state index in [1.807, 2.05) is 43.3 Å². The first-order valence-corrected chi connectivity index (χ1v) is 9.21. The zero-order valence-electron chi connectivity index (χ0n) is 15.8. The van der Waals surface area contributed by atoms with E-state index >= 15 is 0 Å². The Morgan fingerprint density at radius 3 is 2.89 bits per heavy atom. The summed E-state index contributed by atoms with van der Waals surface area (Å²) in [4.78, 5) is 16.3. The van der Waals surface area contributed by atoms with Gasteiger partial charge in [0, 0.05) is 13.0 Å². The van der Waals surface area contributed by atoms with Crippen LogP contribution < -0.4 is 10.1 Å². The highest BCUT2D eigenvalue weighted by Crippen LogP contribution is 2.17. The van der Waals surface area contributed by atoms with Crippen molar-refractivity contribution in [2.75, 3.05) is 13.2 Å². The van der Waals surface area contributed by atoms with Gasteiger partial charge in [0.05, 0.1) is 17.6 Å². The summed E-state index contributed by atoms with van der Waals surface area (Å²) in [7, 11) is 0. The lowest BCUT2D eigenvalue weighted by atomic mass is 10.2. The number of para-hydroxylation sites is 2. The molecule has 0 radical (unpaired) electrons. The molecule has 0 aliphatic heterocycles. The summed E-state index contributed by atoms with van der Waals surface area (Å²) in [6.45, 7) is 5.68. The summed E-state index contributed by atoms with van der Waals surface area (Å²) in [5.41, 5.74) is 3.22. The maximum absolute atomic E-state index is 11.6. The van der Waals surface area contributed by atoms with Crippen LogP contribution in [0.2, 0.25) is 0 Å². The number of aryl methyl sites for hydroxylation is 1. The summed E-state index contributed by atoms with van der Waals surface area (Å²) >= 11 is 0. The summed E-state index contributed by atoms with van der Waals surface area (Å²) < 4.78 is 8.08. The molecule has 5 heteroatoms. The van der Waals surface area contributed by atoms with Gasteiger partial charge < -0.3 is 14.6 Å². The van der Waals surface area contributed by atoms with Crippen LogP contribution in [0.4, 0.5) is 0 Å². The average Bonchev–Trinajstić information content (AvgIpc) is 3.00. The van der Waals surface area contributed by atoms with Gasteiger partial charge in [-0.15, -0.1) is 0 Å². The number of fused-ring (bicyclic) bond motifs is 1. The standard InChI is InChI=1S/C22H25N3O2/c1-3-7-22(26)23-13-12-21-24-19-10-4-5-11-20(19)25(21)14-15-27-18-9-6-8-17(2)16-18/h3-11,16H,12-15H2,1-2H3,(H,23,26)/b7-3+. The van der Waals surface area contributed by atoms with Crippen molar-refractivity contribution in [3.8, 4) is 5.75 Å². The van der Waals surface area contributed by atoms with Crippen LogP contribution in [-0.4, -0.2) is 28.6 Å². The molecule has 27 heavy (non-hydrogen) atoms. The predicted molar refractivity (Wildman–Crippen MR) is 108 cm³/mol. The summed E-state index contributed by atoms with van der Waals surface area (Å²) in [6.07, 6.45) is 3.92. The molecular weight excluding hydrogens is 338 g/mol. The molecule has 1 heterocycles. The first-order valence-electron chi connectivity index (χ1n) is 9.21. The minimum atomic E-state index is -0.0806. The second-order valence-corrected chi connectivity index (χ2v) is 6.37. The number of benzene rings is 2. The molecule has 0 saturated heterocycles. The van der Waals surface area contributed by atoms with Crippen LogP contribution >= 0.6 is 0 Å². The van der Waals surface area contributed by atoms with Crippen molar-refractivity contribution < 1.29 is 9.53 Å². The van der Waals surface area contributed by atoms with Crippen molar-refractivity contribution in [1.82, 2.24) is 14.9 Å². The molecule has 1 amide bonds. The quantitative estimate of drug-likeness (QED) is 0.622. The van der Waals surface area contributed by atoms with Gasteiger partial charge in [0.15, 0.2) is 0 Å². The number of aromatic nitrogens is 2. The predicted octanol–water partition coefficient (Wildman–Crippen LogP) is 3.66. The molecule has 0 aliphatic carbocycles. The van der Waals surface area contributed by atoms with Crippen molar-refractivity contribution in [3.63, 3.8) is 0 Å². The Kier molecular flexibility index (Phi) is 6.26. The molecule has 0 saturated carbocycles. The summed E-state index contributed by atoms with van der Waals surface area (Å²) in [5, 5.41) is 2.88. The molecule has 1 N–H and O–H groups in total. The number of rotatable bonds is 8. The summed E-state index contributed by atoms with van der Waals surface area (Å²) in [5.74, 6) is 1.74. The van der Waals surface area contributed by atoms with E-state index in [2.05, 4.69) is 28.9 Å². The zero-order valence-corrected chi connectivity index (χ0v) is 15.8. The molecular formula is C22H25N3O2. The van der Waals surface area contributed by atoms with Gasteiger partial charge in [-0.05, 0) is 49.8 Å². The van der Waals surface area contributed by atoms with Gasteiger partial charge in [-0.3, -0.25) is 4.79 Å². The van der Waals surface area contributed by atoms with E-state index in [0.717, 1.165) is 22.6 Å². The highest BCUT2D eigenvalue weighted by molar-refractivity contribution is 5.87. The Hall–Kier alpha value is -3.08. The van der Waals surface area contributed by atoms with Crippen LogP contribution in [0.15, 0.2) is 60.7 Å². The fourth-order valence-corrected chi connectivity index (χ4v) is 3.03. The fraction of sp³-hybridized carbons (Fsp3) is 0.273. The van der Waals surface area contributed by atoms with Gasteiger partial charge in [-0.2, -0.15) is 0 Å². The first-order chi connectivity index (χ1) is 13.2. The van der Waals surface area contributed by atoms with Crippen LogP contribution in [0.1, 0.15) is 18.3 Å². The lowest BCUT2D eigenvalue weighted by Gasteiger charge is -2.11. The highest BCUT2D eigenvalue weighted by atomic mass is 16.5. The monoisotopic (exact) mass is 363 g/mol. The second kappa shape index (κ2) is 9.03. The van der Waals surface area contributed by atoms with Crippen LogP contribution in [0.25, 0.3) is 11.0 Å².